The lowest BCUT2D eigenvalue weighted by atomic mass is 10.0. The third kappa shape index (κ3) is 5.62. The summed E-state index contributed by atoms with van der Waals surface area (Å²) in [6, 6.07) is 17.1. The molecule has 1 fully saturated rings. The maximum atomic E-state index is 13.4. The second-order valence-electron chi connectivity index (χ2n) is 8.73. The summed E-state index contributed by atoms with van der Waals surface area (Å²) in [5.74, 6) is -1.15. The first kappa shape index (κ1) is 25.1. The normalized spacial score (nSPS) is 17.7. The zero-order chi connectivity index (χ0) is 26.0. The molecular formula is C27H24F3NO5. The molecule has 3 aromatic carbocycles. The molecule has 2 atom stereocenters. The van der Waals surface area contributed by atoms with Crippen molar-refractivity contribution in [3.8, 4) is 11.5 Å². The molecule has 0 aliphatic carbocycles. The molecule has 1 N–H and O–H groups in total. The monoisotopic (exact) mass is 499 g/mol. The minimum absolute atomic E-state index is 0.0385. The lowest BCUT2D eigenvalue weighted by Crippen LogP contribution is -2.31. The number of alkyl halides is 3. The van der Waals surface area contributed by atoms with Crippen LogP contribution in [0.4, 0.5) is 18.0 Å². The Labute approximate surface area is 205 Å². The summed E-state index contributed by atoms with van der Waals surface area (Å²) in [6.45, 7) is 3.83. The number of hydrogen-bond acceptors (Lipinski definition) is 4. The average molecular weight is 499 g/mol. The van der Waals surface area contributed by atoms with Crippen LogP contribution < -0.4 is 4.74 Å². The number of carboxylic acid groups (broad SMARTS) is 1. The molecule has 1 aliphatic rings. The summed E-state index contributed by atoms with van der Waals surface area (Å²) in [4.78, 5) is 25.4. The van der Waals surface area contributed by atoms with Crippen LogP contribution in [0.15, 0.2) is 66.7 Å². The molecule has 9 heteroatoms. The van der Waals surface area contributed by atoms with Gasteiger partial charge in [0.15, 0.2) is 0 Å². The summed E-state index contributed by atoms with van der Waals surface area (Å²) >= 11 is 0. The fourth-order valence-corrected chi connectivity index (χ4v) is 4.20. The molecule has 1 amide bonds. The Bertz CT molecular complexity index is 1280. The average Bonchev–Trinajstić information content (AvgIpc) is 3.08. The Kier molecular flexibility index (Phi) is 6.92. The van der Waals surface area contributed by atoms with Gasteiger partial charge < -0.3 is 14.6 Å². The number of aryl methyl sites for hydroxylation is 1. The standard InChI is InChI=1S/C27H24F3NO5/c1-16-8-9-23(35-22-12-18(13-24(32)33)11-21(14-22)27(28,29)30)20(10-16)15-31-17(2)25(36-26(31)34)19-6-4-3-5-7-19/h3-12,14,17,25H,13,15H2,1-2H3,(H,32,33)/t17-,25-/m1/s1. The summed E-state index contributed by atoms with van der Waals surface area (Å²) in [5, 5.41) is 9.06. The van der Waals surface area contributed by atoms with Gasteiger partial charge >= 0.3 is 18.2 Å². The Hall–Kier alpha value is -4.01. The van der Waals surface area contributed by atoms with Crippen molar-refractivity contribution in [2.75, 3.05) is 0 Å². The van der Waals surface area contributed by atoms with Crippen molar-refractivity contribution in [1.82, 2.24) is 4.90 Å². The SMILES string of the molecule is Cc1ccc(Oc2cc(CC(=O)O)cc(C(F)(F)F)c2)c(CN2C(=O)O[C@@H](c3ccccc3)[C@H]2C)c1. The van der Waals surface area contributed by atoms with Crippen molar-refractivity contribution in [2.24, 2.45) is 0 Å². The number of ether oxygens (including phenoxy) is 2. The van der Waals surface area contributed by atoms with Gasteiger partial charge in [0.25, 0.3) is 0 Å². The van der Waals surface area contributed by atoms with Crippen LogP contribution in [-0.4, -0.2) is 28.1 Å². The molecule has 0 saturated carbocycles. The van der Waals surface area contributed by atoms with Gasteiger partial charge in [-0.25, -0.2) is 4.79 Å². The van der Waals surface area contributed by atoms with E-state index in [1.807, 2.05) is 44.2 Å². The first-order valence-electron chi connectivity index (χ1n) is 11.2. The highest BCUT2D eigenvalue weighted by molar-refractivity contribution is 5.71. The summed E-state index contributed by atoms with van der Waals surface area (Å²) < 4.78 is 51.7. The van der Waals surface area contributed by atoms with Crippen LogP contribution in [0.25, 0.3) is 0 Å². The molecule has 1 heterocycles. The van der Waals surface area contributed by atoms with E-state index in [1.54, 1.807) is 23.1 Å². The van der Waals surface area contributed by atoms with E-state index in [4.69, 9.17) is 14.6 Å². The number of cyclic esters (lactones) is 1. The van der Waals surface area contributed by atoms with E-state index in [2.05, 4.69) is 0 Å². The maximum absolute atomic E-state index is 13.4. The first-order valence-corrected chi connectivity index (χ1v) is 11.2. The van der Waals surface area contributed by atoms with Gasteiger partial charge in [0.2, 0.25) is 0 Å². The van der Waals surface area contributed by atoms with Crippen molar-refractivity contribution in [3.63, 3.8) is 0 Å². The highest BCUT2D eigenvalue weighted by atomic mass is 19.4. The van der Waals surface area contributed by atoms with E-state index in [9.17, 15) is 22.8 Å². The zero-order valence-corrected chi connectivity index (χ0v) is 19.6. The van der Waals surface area contributed by atoms with Gasteiger partial charge in [-0.2, -0.15) is 13.2 Å². The molecule has 3 aromatic rings. The maximum Gasteiger partial charge on any atom is 0.416 e. The van der Waals surface area contributed by atoms with Crippen molar-refractivity contribution in [3.05, 3.63) is 94.5 Å². The summed E-state index contributed by atoms with van der Waals surface area (Å²) in [5.41, 5.74) is 1.25. The number of carboxylic acids is 1. The predicted molar refractivity (Wildman–Crippen MR) is 125 cm³/mol. The number of carbonyl (C=O) groups is 2. The summed E-state index contributed by atoms with van der Waals surface area (Å²) in [6.07, 6.45) is -6.23. The molecule has 1 saturated heterocycles. The molecule has 4 rings (SSSR count). The number of hydrogen-bond donors (Lipinski definition) is 1. The number of aliphatic carboxylic acids is 1. The minimum atomic E-state index is -4.68. The molecule has 1 aliphatic heterocycles. The molecule has 188 valence electrons. The Balaban J connectivity index is 1.63. The van der Waals surface area contributed by atoms with Crippen LogP contribution in [0.3, 0.4) is 0 Å². The molecule has 0 aromatic heterocycles. The largest absolute Gasteiger partial charge is 0.481 e. The second-order valence-corrected chi connectivity index (χ2v) is 8.73. The number of rotatable bonds is 7. The van der Waals surface area contributed by atoms with Crippen LogP contribution in [0.5, 0.6) is 11.5 Å². The summed E-state index contributed by atoms with van der Waals surface area (Å²) in [7, 11) is 0. The van der Waals surface area contributed by atoms with Gasteiger partial charge in [0.1, 0.15) is 17.6 Å². The van der Waals surface area contributed by atoms with Crippen molar-refractivity contribution < 1.29 is 37.3 Å². The van der Waals surface area contributed by atoms with Crippen molar-refractivity contribution in [2.45, 2.75) is 45.1 Å². The number of halogens is 3. The van der Waals surface area contributed by atoms with Crippen LogP contribution in [-0.2, 0) is 28.7 Å². The van der Waals surface area contributed by atoms with Gasteiger partial charge in [-0.1, -0.05) is 48.0 Å². The van der Waals surface area contributed by atoms with Crippen LogP contribution >= 0.6 is 0 Å². The van der Waals surface area contributed by atoms with Crippen molar-refractivity contribution >= 4 is 12.1 Å². The third-order valence-corrected chi connectivity index (χ3v) is 5.95. The first-order chi connectivity index (χ1) is 17.0. The number of nitrogens with zero attached hydrogens (tertiary/aromatic N) is 1. The molecule has 36 heavy (non-hydrogen) atoms. The Morgan fingerprint density at radius 1 is 1.08 bits per heavy atom. The Morgan fingerprint density at radius 3 is 2.47 bits per heavy atom. The van der Waals surface area contributed by atoms with Crippen LogP contribution in [0, 0.1) is 6.92 Å². The van der Waals surface area contributed by atoms with Gasteiger partial charge in [-0.05, 0) is 49.2 Å². The number of carbonyl (C=O) groups excluding carboxylic acids is 1. The molecule has 6 nitrogen and oxygen atoms in total. The number of amides is 1. The van der Waals surface area contributed by atoms with Gasteiger partial charge in [0, 0.05) is 5.56 Å². The smallest absolute Gasteiger partial charge is 0.416 e. The molecule has 0 unspecified atom stereocenters. The molecule has 0 radical (unpaired) electrons. The van der Waals surface area contributed by atoms with Gasteiger partial charge in [0.05, 0.1) is 24.6 Å². The fraction of sp³-hybridized carbons (Fsp3) is 0.259. The Morgan fingerprint density at radius 2 is 1.81 bits per heavy atom. The van der Waals surface area contributed by atoms with Gasteiger partial charge in [-0.15, -0.1) is 0 Å². The van der Waals surface area contributed by atoms with E-state index in [1.165, 1.54) is 6.07 Å². The second kappa shape index (κ2) is 9.93. The molecule has 0 spiro atoms. The highest BCUT2D eigenvalue weighted by Gasteiger charge is 2.40. The lowest BCUT2D eigenvalue weighted by molar-refractivity contribution is -0.138. The predicted octanol–water partition coefficient (Wildman–Crippen LogP) is 6.52. The van der Waals surface area contributed by atoms with Gasteiger partial charge in [-0.3, -0.25) is 9.69 Å². The van der Waals surface area contributed by atoms with Crippen LogP contribution in [0.2, 0.25) is 0 Å². The minimum Gasteiger partial charge on any atom is -0.481 e. The van der Waals surface area contributed by atoms with Crippen LogP contribution in [0.1, 0.15) is 40.8 Å². The number of benzene rings is 3. The van der Waals surface area contributed by atoms with E-state index in [0.717, 1.165) is 23.3 Å². The lowest BCUT2D eigenvalue weighted by Gasteiger charge is -2.23. The molecular weight excluding hydrogens is 475 g/mol. The highest BCUT2D eigenvalue weighted by Crippen LogP contribution is 2.37. The van der Waals surface area contributed by atoms with E-state index in [0.29, 0.717) is 5.56 Å². The fourth-order valence-electron chi connectivity index (χ4n) is 4.20. The third-order valence-electron chi connectivity index (χ3n) is 5.95. The topological polar surface area (TPSA) is 76.1 Å². The van der Waals surface area contributed by atoms with E-state index >= 15 is 0 Å². The van der Waals surface area contributed by atoms with E-state index < -0.39 is 36.3 Å². The molecule has 0 bridgehead atoms. The quantitative estimate of drug-likeness (QED) is 0.401. The zero-order valence-electron chi connectivity index (χ0n) is 19.6. The van der Waals surface area contributed by atoms with E-state index in [-0.39, 0.29) is 29.6 Å². The van der Waals surface area contributed by atoms with Crippen molar-refractivity contribution in [1.29, 1.82) is 0 Å².